The lowest BCUT2D eigenvalue weighted by molar-refractivity contribution is -0.126. The predicted octanol–water partition coefficient (Wildman–Crippen LogP) is 0.917. The first-order chi connectivity index (χ1) is 9.17. The minimum absolute atomic E-state index is 0.0979. The SMILES string of the molecule is CC1(C(N)=O)CCN(S(=O)(=O)c2ccc(Br)c(N)c2)C1. The van der Waals surface area contributed by atoms with E-state index in [9.17, 15) is 13.2 Å². The van der Waals surface area contributed by atoms with Gasteiger partial charge >= 0.3 is 0 Å². The highest BCUT2D eigenvalue weighted by Gasteiger charge is 2.43. The zero-order valence-electron chi connectivity index (χ0n) is 11.0. The van der Waals surface area contributed by atoms with Crippen molar-refractivity contribution in [2.24, 2.45) is 11.1 Å². The molecule has 1 aliphatic rings. The van der Waals surface area contributed by atoms with Crippen LogP contribution in [0.4, 0.5) is 5.69 Å². The Labute approximate surface area is 126 Å². The number of amides is 1. The molecule has 0 saturated carbocycles. The van der Waals surface area contributed by atoms with Gasteiger partial charge in [0.1, 0.15) is 0 Å². The molecule has 110 valence electrons. The lowest BCUT2D eigenvalue weighted by atomic mass is 9.89. The smallest absolute Gasteiger partial charge is 0.243 e. The maximum atomic E-state index is 12.5. The van der Waals surface area contributed by atoms with Crippen LogP contribution in [0.2, 0.25) is 0 Å². The quantitative estimate of drug-likeness (QED) is 0.780. The van der Waals surface area contributed by atoms with E-state index in [1.807, 2.05) is 0 Å². The molecule has 1 heterocycles. The second-order valence-corrected chi connectivity index (χ2v) is 7.99. The number of carbonyl (C=O) groups excluding carboxylic acids is 1. The Hall–Kier alpha value is -1.12. The lowest BCUT2D eigenvalue weighted by Gasteiger charge is -2.21. The number of nitrogens with zero attached hydrogens (tertiary/aromatic N) is 1. The first-order valence-corrected chi connectivity index (χ1v) is 8.25. The third-order valence-corrected chi connectivity index (χ3v) is 6.20. The monoisotopic (exact) mass is 361 g/mol. The zero-order valence-corrected chi connectivity index (χ0v) is 13.4. The average molecular weight is 362 g/mol. The number of primary amides is 1. The van der Waals surface area contributed by atoms with Crippen molar-refractivity contribution >= 4 is 37.5 Å². The molecule has 4 N–H and O–H groups in total. The molecule has 1 aromatic rings. The molecule has 1 atom stereocenters. The molecule has 1 fully saturated rings. The summed E-state index contributed by atoms with van der Waals surface area (Å²) in [5.41, 5.74) is 10.6. The van der Waals surface area contributed by atoms with Crippen LogP contribution in [0.1, 0.15) is 13.3 Å². The summed E-state index contributed by atoms with van der Waals surface area (Å²) in [6.07, 6.45) is 0.424. The summed E-state index contributed by atoms with van der Waals surface area (Å²) in [6, 6.07) is 4.47. The predicted molar refractivity (Wildman–Crippen MR) is 79.2 cm³/mol. The van der Waals surface area contributed by atoms with E-state index in [1.165, 1.54) is 16.4 Å². The molecule has 20 heavy (non-hydrogen) atoms. The van der Waals surface area contributed by atoms with Crippen molar-refractivity contribution in [2.75, 3.05) is 18.8 Å². The highest BCUT2D eigenvalue weighted by Crippen LogP contribution is 2.34. The number of hydrogen-bond donors (Lipinski definition) is 2. The molecule has 1 aliphatic heterocycles. The molecule has 6 nitrogen and oxygen atoms in total. The molecule has 0 aliphatic carbocycles. The maximum absolute atomic E-state index is 12.5. The van der Waals surface area contributed by atoms with E-state index < -0.39 is 21.3 Å². The third kappa shape index (κ3) is 2.55. The number of carbonyl (C=O) groups is 1. The van der Waals surface area contributed by atoms with Crippen LogP contribution in [0, 0.1) is 5.41 Å². The Morgan fingerprint density at radius 3 is 2.60 bits per heavy atom. The van der Waals surface area contributed by atoms with Crippen LogP contribution in [-0.4, -0.2) is 31.7 Å². The van der Waals surface area contributed by atoms with Crippen LogP contribution in [-0.2, 0) is 14.8 Å². The fraction of sp³-hybridized carbons (Fsp3) is 0.417. The molecule has 0 spiro atoms. The number of nitrogen functional groups attached to an aromatic ring is 1. The summed E-state index contributed by atoms with van der Waals surface area (Å²) < 4.78 is 26.9. The highest BCUT2D eigenvalue weighted by atomic mass is 79.9. The van der Waals surface area contributed by atoms with Gasteiger partial charge in [-0.2, -0.15) is 4.31 Å². The van der Waals surface area contributed by atoms with E-state index in [1.54, 1.807) is 13.0 Å². The van der Waals surface area contributed by atoms with Crippen molar-refractivity contribution in [3.05, 3.63) is 22.7 Å². The van der Waals surface area contributed by atoms with Gasteiger partial charge in [0, 0.05) is 23.2 Å². The number of rotatable bonds is 3. The Morgan fingerprint density at radius 2 is 2.10 bits per heavy atom. The Morgan fingerprint density at radius 1 is 1.45 bits per heavy atom. The summed E-state index contributed by atoms with van der Waals surface area (Å²) in [5, 5.41) is 0. The number of nitrogens with two attached hydrogens (primary N) is 2. The third-order valence-electron chi connectivity index (χ3n) is 3.64. The van der Waals surface area contributed by atoms with Gasteiger partial charge in [0.25, 0.3) is 0 Å². The fourth-order valence-corrected chi connectivity index (χ4v) is 4.00. The zero-order chi connectivity index (χ0) is 15.1. The molecule has 0 radical (unpaired) electrons. The van der Waals surface area contributed by atoms with Gasteiger partial charge in [-0.3, -0.25) is 4.79 Å². The van der Waals surface area contributed by atoms with Gasteiger partial charge in [0.15, 0.2) is 0 Å². The molecule has 1 amide bonds. The van der Waals surface area contributed by atoms with Crippen molar-refractivity contribution in [2.45, 2.75) is 18.2 Å². The molecule has 0 aromatic heterocycles. The fourth-order valence-electron chi connectivity index (χ4n) is 2.16. The topological polar surface area (TPSA) is 106 Å². The second-order valence-electron chi connectivity index (χ2n) is 5.20. The summed E-state index contributed by atoms with van der Waals surface area (Å²) in [6.45, 7) is 2.05. The summed E-state index contributed by atoms with van der Waals surface area (Å²) >= 11 is 3.22. The normalized spacial score (nSPS) is 23.9. The maximum Gasteiger partial charge on any atom is 0.243 e. The Bertz CT molecular complexity index is 662. The minimum Gasteiger partial charge on any atom is -0.398 e. The molecular formula is C12H16BrN3O3S. The van der Waals surface area contributed by atoms with Crippen LogP contribution in [0.3, 0.4) is 0 Å². The molecule has 1 saturated heterocycles. The van der Waals surface area contributed by atoms with Crippen LogP contribution in [0.25, 0.3) is 0 Å². The van der Waals surface area contributed by atoms with E-state index in [4.69, 9.17) is 11.5 Å². The number of benzene rings is 1. The van der Waals surface area contributed by atoms with Crippen molar-refractivity contribution < 1.29 is 13.2 Å². The van der Waals surface area contributed by atoms with E-state index in [2.05, 4.69) is 15.9 Å². The van der Waals surface area contributed by atoms with Crippen LogP contribution in [0.15, 0.2) is 27.6 Å². The van der Waals surface area contributed by atoms with Gasteiger partial charge in [-0.1, -0.05) is 0 Å². The molecule has 8 heteroatoms. The molecule has 0 bridgehead atoms. The Balaban J connectivity index is 2.33. The van der Waals surface area contributed by atoms with Gasteiger partial charge in [0.2, 0.25) is 15.9 Å². The molecule has 1 unspecified atom stereocenters. The van der Waals surface area contributed by atoms with Crippen molar-refractivity contribution in [3.63, 3.8) is 0 Å². The van der Waals surface area contributed by atoms with Crippen LogP contribution >= 0.6 is 15.9 Å². The van der Waals surface area contributed by atoms with Gasteiger partial charge < -0.3 is 11.5 Å². The van der Waals surface area contributed by atoms with E-state index >= 15 is 0 Å². The number of sulfonamides is 1. The van der Waals surface area contributed by atoms with Crippen molar-refractivity contribution in [3.8, 4) is 0 Å². The molecule has 1 aromatic carbocycles. The number of anilines is 1. The van der Waals surface area contributed by atoms with E-state index in [-0.39, 0.29) is 18.0 Å². The lowest BCUT2D eigenvalue weighted by Crippen LogP contribution is -2.38. The van der Waals surface area contributed by atoms with Crippen molar-refractivity contribution in [1.29, 1.82) is 0 Å². The average Bonchev–Trinajstić information content (AvgIpc) is 2.77. The van der Waals surface area contributed by atoms with Gasteiger partial charge in [-0.15, -0.1) is 0 Å². The first kappa shape index (κ1) is 15.3. The van der Waals surface area contributed by atoms with E-state index in [0.717, 1.165) is 0 Å². The largest absolute Gasteiger partial charge is 0.398 e. The summed E-state index contributed by atoms with van der Waals surface area (Å²) in [4.78, 5) is 11.5. The molecule has 2 rings (SSSR count). The van der Waals surface area contributed by atoms with Crippen LogP contribution in [0.5, 0.6) is 0 Å². The van der Waals surface area contributed by atoms with Gasteiger partial charge in [0.05, 0.1) is 10.3 Å². The number of hydrogen-bond acceptors (Lipinski definition) is 4. The second kappa shape index (κ2) is 5.01. The van der Waals surface area contributed by atoms with E-state index in [0.29, 0.717) is 16.6 Å². The standard InChI is InChI=1S/C12H16BrN3O3S/c1-12(11(15)17)4-5-16(7-12)20(18,19)8-2-3-9(13)10(14)6-8/h2-3,6H,4-5,7,14H2,1H3,(H2,15,17). The van der Waals surface area contributed by atoms with Gasteiger partial charge in [-0.25, -0.2) is 8.42 Å². The van der Waals surface area contributed by atoms with Crippen LogP contribution < -0.4 is 11.5 Å². The molecular weight excluding hydrogens is 346 g/mol. The summed E-state index contributed by atoms with van der Waals surface area (Å²) in [5.74, 6) is -0.481. The Kier molecular flexibility index (Phi) is 3.83. The van der Waals surface area contributed by atoms with Gasteiger partial charge in [-0.05, 0) is 47.5 Å². The summed E-state index contributed by atoms with van der Waals surface area (Å²) in [7, 11) is -3.66. The van der Waals surface area contributed by atoms with Crippen molar-refractivity contribution in [1.82, 2.24) is 4.31 Å². The minimum atomic E-state index is -3.66. The first-order valence-electron chi connectivity index (χ1n) is 6.02. The highest BCUT2D eigenvalue weighted by molar-refractivity contribution is 9.10. The number of halogens is 1.